The first-order valence-electron chi connectivity index (χ1n) is 9.11. The molecule has 0 fully saturated rings. The average Bonchev–Trinajstić information content (AvgIpc) is 2.63. The van der Waals surface area contributed by atoms with Crippen molar-refractivity contribution in [2.75, 3.05) is 19.8 Å². The van der Waals surface area contributed by atoms with Crippen LogP contribution in [0.1, 0.15) is 39.7 Å². The Labute approximate surface area is 163 Å². The van der Waals surface area contributed by atoms with Gasteiger partial charge < -0.3 is 19.1 Å². The van der Waals surface area contributed by atoms with Gasteiger partial charge in [-0.25, -0.2) is 9.46 Å². The minimum absolute atomic E-state index is 0.228. The number of carbonyl (C=O) groups excluding carboxylic acids is 1. The van der Waals surface area contributed by atoms with Crippen LogP contribution in [-0.2, 0) is 20.4 Å². The number of carbonyl (C=O) groups is 1. The fraction of sp³-hybridized carbons (Fsp3) is 0.579. The van der Waals surface area contributed by atoms with E-state index in [1.54, 1.807) is 0 Å². The number of hydrogen-bond acceptors (Lipinski definition) is 6. The Morgan fingerprint density at radius 1 is 1.15 bits per heavy atom. The number of benzene rings is 1. The van der Waals surface area contributed by atoms with Crippen molar-refractivity contribution in [2.24, 2.45) is 0 Å². The number of ether oxygens (including phenoxy) is 1. The quantitative estimate of drug-likeness (QED) is 0.422. The zero-order valence-electron chi connectivity index (χ0n) is 16.6. The van der Waals surface area contributed by atoms with Gasteiger partial charge in [-0.05, 0) is 33.3 Å². The molecule has 0 aliphatic carbocycles. The summed E-state index contributed by atoms with van der Waals surface area (Å²) in [5.41, 5.74) is 0.933. The largest absolute Gasteiger partial charge is 0.445 e. The van der Waals surface area contributed by atoms with Crippen molar-refractivity contribution in [1.82, 2.24) is 9.99 Å². The van der Waals surface area contributed by atoms with Crippen LogP contribution >= 0.6 is 8.53 Å². The number of amides is 1. The topological polar surface area (TPSA) is 83.8 Å². The molecule has 0 saturated heterocycles. The molecule has 0 spiro atoms. The lowest BCUT2D eigenvalue weighted by Gasteiger charge is -2.35. The van der Waals surface area contributed by atoms with Crippen molar-refractivity contribution in [3.8, 4) is 6.07 Å². The van der Waals surface area contributed by atoms with E-state index < -0.39 is 14.6 Å². The molecular formula is C19H30N3O4P. The molecule has 0 saturated carbocycles. The van der Waals surface area contributed by atoms with E-state index in [-0.39, 0.29) is 18.7 Å². The molecule has 0 aliphatic rings. The van der Waals surface area contributed by atoms with Crippen molar-refractivity contribution in [2.45, 2.75) is 52.8 Å². The molecule has 1 rings (SSSR count). The van der Waals surface area contributed by atoms with Gasteiger partial charge in [0, 0.05) is 18.6 Å². The number of rotatable bonds is 12. The number of nitrogens with zero attached hydrogens (tertiary/aromatic N) is 2. The third kappa shape index (κ3) is 9.69. The highest BCUT2D eigenvalue weighted by Crippen LogP contribution is 2.45. The molecule has 1 N–H and O–H groups in total. The normalized spacial score (nSPS) is 12.2. The highest BCUT2D eigenvalue weighted by molar-refractivity contribution is 7.44. The Morgan fingerprint density at radius 2 is 1.78 bits per heavy atom. The maximum Gasteiger partial charge on any atom is 0.407 e. The first-order chi connectivity index (χ1) is 13.0. The Bertz CT molecular complexity index is 570. The smallest absolute Gasteiger partial charge is 0.407 e. The maximum absolute atomic E-state index is 11.8. The summed E-state index contributed by atoms with van der Waals surface area (Å²) in [7, 11) is -1.30. The van der Waals surface area contributed by atoms with Gasteiger partial charge in [-0.3, -0.25) is 0 Å². The van der Waals surface area contributed by atoms with E-state index in [1.165, 1.54) is 0 Å². The zero-order chi connectivity index (χ0) is 20.1. The van der Waals surface area contributed by atoms with E-state index >= 15 is 0 Å². The van der Waals surface area contributed by atoms with E-state index in [1.807, 2.05) is 30.3 Å². The van der Waals surface area contributed by atoms with E-state index in [9.17, 15) is 4.79 Å². The molecule has 1 atom stereocenters. The molecule has 150 valence electrons. The Balaban J connectivity index is 2.38. The lowest BCUT2D eigenvalue weighted by atomic mass is 10.2. The second-order valence-electron chi connectivity index (χ2n) is 6.37. The maximum atomic E-state index is 11.8. The van der Waals surface area contributed by atoms with Gasteiger partial charge >= 0.3 is 6.09 Å². The number of hydrogen-bond donors (Lipinski definition) is 1. The van der Waals surface area contributed by atoms with E-state index in [0.717, 1.165) is 5.56 Å². The number of nitrogens with one attached hydrogen (secondary N) is 1. The third-order valence-electron chi connectivity index (χ3n) is 3.45. The third-order valence-corrected chi connectivity index (χ3v) is 5.56. The van der Waals surface area contributed by atoms with Gasteiger partial charge in [0.2, 0.25) is 0 Å². The van der Waals surface area contributed by atoms with Gasteiger partial charge in [-0.15, -0.1) is 0 Å². The van der Waals surface area contributed by atoms with Crippen LogP contribution in [0.4, 0.5) is 4.79 Å². The van der Waals surface area contributed by atoms with Gasteiger partial charge in [0.1, 0.15) is 6.61 Å². The second kappa shape index (κ2) is 13.5. The minimum atomic E-state index is -1.30. The Morgan fingerprint density at radius 3 is 2.37 bits per heavy atom. The second-order valence-corrected chi connectivity index (χ2v) is 7.82. The SMILES string of the molecule is CC(C)N(C(C)C)P(OCCC#N)OCCNC(=O)OCc1ccccc1. The molecule has 8 heteroatoms. The van der Waals surface area contributed by atoms with E-state index in [4.69, 9.17) is 19.0 Å². The Hall–Kier alpha value is -1.71. The fourth-order valence-electron chi connectivity index (χ4n) is 2.36. The van der Waals surface area contributed by atoms with Crippen molar-refractivity contribution < 1.29 is 18.6 Å². The van der Waals surface area contributed by atoms with E-state index in [2.05, 4.69) is 43.8 Å². The standard InChI is InChI=1S/C19H30N3O4P/c1-16(2)22(17(3)4)27(25-13-8-11-20)26-14-12-21-19(23)24-15-18-9-6-5-7-10-18/h5-7,9-10,16-17H,8,12-15H2,1-4H3,(H,21,23). The van der Waals surface area contributed by atoms with Gasteiger partial charge in [0.05, 0.1) is 25.7 Å². The summed E-state index contributed by atoms with van der Waals surface area (Å²) in [6.45, 7) is 9.47. The Kier molecular flexibility index (Phi) is 11.6. The van der Waals surface area contributed by atoms with Crippen molar-refractivity contribution in [3.05, 3.63) is 35.9 Å². The fourth-order valence-corrected chi connectivity index (χ4v) is 3.95. The summed E-state index contributed by atoms with van der Waals surface area (Å²) >= 11 is 0. The van der Waals surface area contributed by atoms with Crippen LogP contribution < -0.4 is 5.32 Å². The van der Waals surface area contributed by atoms with E-state index in [0.29, 0.717) is 26.2 Å². The molecule has 0 aromatic heterocycles. The lowest BCUT2D eigenvalue weighted by molar-refractivity contribution is 0.135. The molecular weight excluding hydrogens is 365 g/mol. The molecule has 1 aromatic rings. The molecule has 1 amide bonds. The van der Waals surface area contributed by atoms with Gasteiger partial charge in [-0.1, -0.05) is 30.3 Å². The summed E-state index contributed by atoms with van der Waals surface area (Å²) in [5.74, 6) is 0. The van der Waals surface area contributed by atoms with Crippen molar-refractivity contribution in [1.29, 1.82) is 5.26 Å². The first kappa shape index (κ1) is 23.3. The molecule has 0 radical (unpaired) electrons. The van der Waals surface area contributed by atoms with Gasteiger partial charge in [0.15, 0.2) is 0 Å². The molecule has 0 aliphatic heterocycles. The van der Waals surface area contributed by atoms with Crippen LogP contribution in [-0.4, -0.2) is 42.6 Å². The minimum Gasteiger partial charge on any atom is -0.445 e. The van der Waals surface area contributed by atoms with Gasteiger partial charge in [0.25, 0.3) is 8.53 Å². The summed E-state index contributed by atoms with van der Waals surface area (Å²) < 4.78 is 19.0. The lowest BCUT2D eigenvalue weighted by Crippen LogP contribution is -2.34. The van der Waals surface area contributed by atoms with Crippen LogP contribution in [0.25, 0.3) is 0 Å². The highest BCUT2D eigenvalue weighted by atomic mass is 31.2. The molecule has 0 bridgehead atoms. The van der Waals surface area contributed by atoms with Crippen LogP contribution in [0.2, 0.25) is 0 Å². The monoisotopic (exact) mass is 395 g/mol. The molecule has 1 unspecified atom stereocenters. The molecule has 0 heterocycles. The van der Waals surface area contributed by atoms with Gasteiger partial charge in [-0.2, -0.15) is 5.26 Å². The first-order valence-corrected chi connectivity index (χ1v) is 10.2. The summed E-state index contributed by atoms with van der Waals surface area (Å²) in [5, 5.41) is 11.4. The average molecular weight is 395 g/mol. The molecule has 27 heavy (non-hydrogen) atoms. The number of nitriles is 1. The van der Waals surface area contributed by atoms with Crippen LogP contribution in [0.15, 0.2) is 30.3 Å². The summed E-state index contributed by atoms with van der Waals surface area (Å²) in [6.07, 6.45) is -0.169. The van der Waals surface area contributed by atoms with Crippen LogP contribution in [0, 0.1) is 11.3 Å². The van der Waals surface area contributed by atoms with Crippen LogP contribution in [0.5, 0.6) is 0 Å². The number of alkyl carbamates (subject to hydrolysis) is 1. The summed E-state index contributed by atoms with van der Waals surface area (Å²) in [4.78, 5) is 11.8. The van der Waals surface area contributed by atoms with Crippen LogP contribution in [0.3, 0.4) is 0 Å². The van der Waals surface area contributed by atoms with Crippen molar-refractivity contribution in [3.63, 3.8) is 0 Å². The highest BCUT2D eigenvalue weighted by Gasteiger charge is 2.26. The predicted octanol–water partition coefficient (Wildman–Crippen LogP) is 4.21. The summed E-state index contributed by atoms with van der Waals surface area (Å²) in [6, 6.07) is 12.0. The van der Waals surface area contributed by atoms with Crippen molar-refractivity contribution >= 4 is 14.6 Å². The molecule has 1 aromatic carbocycles. The zero-order valence-corrected chi connectivity index (χ0v) is 17.4. The predicted molar refractivity (Wildman–Crippen MR) is 106 cm³/mol. The molecule has 7 nitrogen and oxygen atoms in total.